The summed E-state index contributed by atoms with van der Waals surface area (Å²) in [5.41, 5.74) is 6.20. The monoisotopic (exact) mass is 328 g/mol. The Morgan fingerprint density at radius 1 is 0.875 bits per heavy atom. The highest BCUT2D eigenvalue weighted by Gasteiger charge is 2.42. The quantitative estimate of drug-likeness (QED) is 0.581. The van der Waals surface area contributed by atoms with E-state index in [0.717, 1.165) is 25.7 Å². The third-order valence-corrected chi connectivity index (χ3v) is 5.92. The van der Waals surface area contributed by atoms with E-state index in [1.165, 1.54) is 0 Å². The van der Waals surface area contributed by atoms with Crippen molar-refractivity contribution < 1.29 is 5.11 Å². The van der Waals surface area contributed by atoms with Gasteiger partial charge in [0.05, 0.1) is 6.10 Å². The lowest BCUT2D eigenvalue weighted by Gasteiger charge is -2.37. The summed E-state index contributed by atoms with van der Waals surface area (Å²) in [5, 5.41) is 10.7. The average molecular weight is 329 g/mol. The Balaban J connectivity index is 2.49. The second kappa shape index (κ2) is 7.04. The van der Waals surface area contributed by atoms with Crippen molar-refractivity contribution in [2.24, 2.45) is 16.7 Å². The summed E-state index contributed by atoms with van der Waals surface area (Å²) in [7, 11) is 0. The van der Waals surface area contributed by atoms with E-state index in [9.17, 15) is 5.11 Å². The van der Waals surface area contributed by atoms with Crippen LogP contribution < -0.4 is 0 Å². The molecule has 0 saturated heterocycles. The maximum absolute atomic E-state index is 10.7. The summed E-state index contributed by atoms with van der Waals surface area (Å²) in [6.07, 6.45) is 13.4. The van der Waals surface area contributed by atoms with Crippen LogP contribution in [-0.4, -0.2) is 11.2 Å². The van der Waals surface area contributed by atoms with Crippen molar-refractivity contribution in [1.82, 2.24) is 0 Å². The fraction of sp³-hybridized carbons (Fsp3) is 0.652. The predicted octanol–water partition coefficient (Wildman–Crippen LogP) is 6.37. The van der Waals surface area contributed by atoms with Crippen LogP contribution in [0.5, 0.6) is 0 Å². The molecular weight excluding hydrogens is 292 g/mol. The van der Waals surface area contributed by atoms with Crippen LogP contribution in [0, 0.1) is 16.7 Å². The molecule has 2 aliphatic rings. The van der Waals surface area contributed by atoms with Crippen molar-refractivity contribution in [2.45, 2.75) is 80.3 Å². The van der Waals surface area contributed by atoms with Crippen molar-refractivity contribution in [3.05, 3.63) is 46.6 Å². The number of aliphatic hydroxyl groups excluding tert-OH is 1. The zero-order valence-electron chi connectivity index (χ0n) is 16.7. The average Bonchev–Trinajstić information content (AvgIpc) is 2.81. The van der Waals surface area contributed by atoms with E-state index < -0.39 is 0 Å². The minimum Gasteiger partial charge on any atom is -0.392 e. The predicted molar refractivity (Wildman–Crippen MR) is 105 cm³/mol. The van der Waals surface area contributed by atoms with Crippen LogP contribution in [-0.2, 0) is 0 Å². The van der Waals surface area contributed by atoms with E-state index in [-0.39, 0.29) is 22.9 Å². The van der Waals surface area contributed by atoms with Gasteiger partial charge in [-0.15, -0.1) is 0 Å². The zero-order valence-corrected chi connectivity index (χ0v) is 16.7. The van der Waals surface area contributed by atoms with Gasteiger partial charge in [0.15, 0.2) is 0 Å². The number of hydrogen-bond donors (Lipinski definition) is 1. The van der Waals surface area contributed by atoms with E-state index >= 15 is 0 Å². The summed E-state index contributed by atoms with van der Waals surface area (Å²) < 4.78 is 0. The van der Waals surface area contributed by atoms with E-state index in [4.69, 9.17) is 0 Å². The fourth-order valence-electron chi connectivity index (χ4n) is 4.75. The molecule has 1 atom stereocenters. The van der Waals surface area contributed by atoms with Crippen molar-refractivity contribution in [3.8, 4) is 0 Å². The molecule has 0 aliphatic heterocycles. The molecule has 0 aromatic rings. The third-order valence-electron chi connectivity index (χ3n) is 5.92. The van der Waals surface area contributed by atoms with Gasteiger partial charge in [0, 0.05) is 11.3 Å². The van der Waals surface area contributed by atoms with Gasteiger partial charge in [0.1, 0.15) is 0 Å². The van der Waals surface area contributed by atoms with Crippen molar-refractivity contribution >= 4 is 0 Å². The molecule has 1 N–H and O–H groups in total. The highest BCUT2D eigenvalue weighted by Crippen LogP contribution is 2.55. The Morgan fingerprint density at radius 2 is 1.29 bits per heavy atom. The molecule has 0 aromatic heterocycles. The maximum atomic E-state index is 10.7. The molecule has 0 heterocycles. The first-order valence-electron chi connectivity index (χ1n) is 9.78. The normalized spacial score (nSPS) is 22.2. The summed E-state index contributed by atoms with van der Waals surface area (Å²) in [4.78, 5) is 0. The lowest BCUT2D eigenvalue weighted by molar-refractivity contribution is 0.0413. The second-order valence-corrected chi connectivity index (χ2v) is 8.30. The molecule has 1 nitrogen and oxygen atoms in total. The van der Waals surface area contributed by atoms with Gasteiger partial charge in [-0.3, -0.25) is 0 Å². The molecular formula is C23H36O. The first-order chi connectivity index (χ1) is 11.3. The third kappa shape index (κ3) is 2.96. The fourth-order valence-corrected chi connectivity index (χ4v) is 4.75. The van der Waals surface area contributed by atoms with Gasteiger partial charge in [0.2, 0.25) is 0 Å². The van der Waals surface area contributed by atoms with Crippen LogP contribution in [0.2, 0.25) is 0 Å². The van der Waals surface area contributed by atoms with Crippen LogP contribution in [0.25, 0.3) is 0 Å². The highest BCUT2D eigenvalue weighted by atomic mass is 16.3. The van der Waals surface area contributed by atoms with Crippen LogP contribution >= 0.6 is 0 Å². The number of rotatable bonds is 5. The molecule has 134 valence electrons. The van der Waals surface area contributed by atoms with Gasteiger partial charge in [-0.2, -0.15) is 0 Å². The molecule has 0 amide bonds. The van der Waals surface area contributed by atoms with Gasteiger partial charge in [-0.25, -0.2) is 0 Å². The maximum Gasteiger partial charge on any atom is 0.0685 e. The van der Waals surface area contributed by atoms with Crippen molar-refractivity contribution in [3.63, 3.8) is 0 Å². The topological polar surface area (TPSA) is 20.2 Å². The van der Waals surface area contributed by atoms with Gasteiger partial charge >= 0.3 is 0 Å². The molecule has 0 fully saturated rings. The van der Waals surface area contributed by atoms with Crippen LogP contribution in [0.15, 0.2) is 46.6 Å². The molecule has 0 bridgehead atoms. The van der Waals surface area contributed by atoms with E-state index in [1.807, 2.05) is 0 Å². The molecule has 1 unspecified atom stereocenters. The van der Waals surface area contributed by atoms with Crippen molar-refractivity contribution in [2.75, 3.05) is 0 Å². The summed E-state index contributed by atoms with van der Waals surface area (Å²) in [6, 6.07) is 0. The standard InChI is InChI=1S/C23H36O/c1-8-17-18(9-2)20(11-4)23(19(17)10-3)14-12-16(13-15-23)21(24)22(5,6)7/h12-16,21,24H,8-11H2,1-7H3. The second-order valence-electron chi connectivity index (χ2n) is 8.30. The molecule has 0 radical (unpaired) electrons. The molecule has 2 rings (SSSR count). The largest absolute Gasteiger partial charge is 0.392 e. The van der Waals surface area contributed by atoms with E-state index in [2.05, 4.69) is 72.8 Å². The van der Waals surface area contributed by atoms with Gasteiger partial charge < -0.3 is 5.11 Å². The Morgan fingerprint density at radius 3 is 1.58 bits per heavy atom. The van der Waals surface area contributed by atoms with Crippen LogP contribution in [0.3, 0.4) is 0 Å². The smallest absolute Gasteiger partial charge is 0.0685 e. The van der Waals surface area contributed by atoms with Gasteiger partial charge in [-0.1, -0.05) is 72.8 Å². The van der Waals surface area contributed by atoms with Crippen molar-refractivity contribution in [1.29, 1.82) is 0 Å². The van der Waals surface area contributed by atoms with Gasteiger partial charge in [0.25, 0.3) is 0 Å². The first-order valence-corrected chi connectivity index (χ1v) is 9.78. The number of aliphatic hydroxyl groups is 1. The summed E-state index contributed by atoms with van der Waals surface area (Å²) in [5.74, 6) is 0.114. The molecule has 0 saturated carbocycles. The molecule has 24 heavy (non-hydrogen) atoms. The lowest BCUT2D eigenvalue weighted by Crippen LogP contribution is -2.34. The number of allylic oxidation sites excluding steroid dienone is 6. The minimum atomic E-state index is -0.344. The number of hydrogen-bond acceptors (Lipinski definition) is 1. The van der Waals surface area contributed by atoms with E-state index in [1.54, 1.807) is 22.3 Å². The zero-order chi connectivity index (χ0) is 18.1. The van der Waals surface area contributed by atoms with Gasteiger partial charge in [-0.05, 0) is 53.4 Å². The Hall–Kier alpha value is -1.08. The highest BCUT2D eigenvalue weighted by molar-refractivity contribution is 5.60. The SMILES string of the molecule is CCC1=C(CC)C2(C=CC(C(O)C(C)(C)C)C=C2)C(CC)=C1CC. The van der Waals surface area contributed by atoms with Crippen LogP contribution in [0.1, 0.15) is 74.1 Å². The molecule has 1 spiro atoms. The Bertz CT molecular complexity index is 548. The minimum absolute atomic E-state index is 0.0196. The lowest BCUT2D eigenvalue weighted by atomic mass is 9.68. The first kappa shape index (κ1) is 19.2. The van der Waals surface area contributed by atoms with E-state index in [0.29, 0.717) is 0 Å². The Kier molecular flexibility index (Phi) is 5.64. The molecule has 1 heteroatoms. The molecule has 2 aliphatic carbocycles. The van der Waals surface area contributed by atoms with Crippen LogP contribution in [0.4, 0.5) is 0 Å². The molecule has 0 aromatic carbocycles. The Labute approximate surface area is 149 Å². The summed E-state index contributed by atoms with van der Waals surface area (Å²) >= 11 is 0. The summed E-state index contributed by atoms with van der Waals surface area (Å²) in [6.45, 7) is 15.5.